The normalized spacial score (nSPS) is 13.8. The Labute approximate surface area is 290 Å². The van der Waals surface area contributed by atoms with Crippen molar-refractivity contribution in [1.82, 2.24) is 0 Å². The molecule has 0 saturated carbocycles. The molecule has 0 aliphatic heterocycles. The standard InChI is InChI=1S/C13H13F3N2O5S.C12H10BrF3N2O2.BrH.Li/c1-12(20,7-23-24(2,21)22)11(19)18-9-4-3-8(6-17)10(5-9)13(14,15)16;1-11(20,6-13)10(19)18-8-3-2-7(5-17)9(4-8)12(14,15)16;;/h3-5,20H,7H2,1-2H3,(H,18,19);2-4,20H,6H2,1H3,(H,18,19);1H;/q;;;+1/p-1. The molecule has 46 heavy (non-hydrogen) atoms. The van der Waals surface area contributed by atoms with E-state index in [1.165, 1.54) is 19.1 Å². The molecule has 0 fully saturated rings. The maximum atomic E-state index is 12.8. The topological polar surface area (TPSA) is 190 Å². The van der Waals surface area contributed by atoms with Gasteiger partial charge in [0.25, 0.3) is 21.9 Å². The first kappa shape index (κ1) is 45.4. The number of rotatable bonds is 8. The monoisotopic (exact) mass is 802 g/mol. The van der Waals surface area contributed by atoms with E-state index >= 15 is 0 Å². The molecule has 0 aromatic heterocycles. The fraction of sp³-hybridized carbons (Fsp3) is 0.360. The van der Waals surface area contributed by atoms with Crippen molar-refractivity contribution in [3.63, 3.8) is 0 Å². The number of nitrogens with one attached hydrogen (secondary N) is 2. The van der Waals surface area contributed by atoms with Crippen LogP contribution < -0.4 is 46.5 Å². The number of aliphatic hydroxyl groups is 2. The number of hydrogen-bond acceptors (Lipinski definition) is 9. The zero-order chi connectivity index (χ0) is 34.3. The van der Waals surface area contributed by atoms with E-state index in [9.17, 15) is 54.6 Å². The molecule has 2 unspecified atom stereocenters. The van der Waals surface area contributed by atoms with Crippen molar-refractivity contribution < 1.29 is 94.6 Å². The van der Waals surface area contributed by atoms with Gasteiger partial charge in [-0.15, -0.1) is 0 Å². The van der Waals surface area contributed by atoms with Crippen LogP contribution in [0.1, 0.15) is 36.1 Å². The molecule has 2 rings (SSSR count). The van der Waals surface area contributed by atoms with Gasteiger partial charge in [0.15, 0.2) is 5.60 Å². The Morgan fingerprint density at radius 3 is 1.48 bits per heavy atom. The number of benzene rings is 2. The zero-order valence-electron chi connectivity index (χ0n) is 24.1. The van der Waals surface area contributed by atoms with Crippen molar-refractivity contribution in [2.75, 3.05) is 28.8 Å². The molecule has 248 valence electrons. The second kappa shape index (κ2) is 17.5. The van der Waals surface area contributed by atoms with Crippen LogP contribution in [-0.2, 0) is 36.2 Å². The third-order valence-corrected chi connectivity index (χ3v) is 6.84. The summed E-state index contributed by atoms with van der Waals surface area (Å²) < 4.78 is 103. The molecule has 2 aromatic rings. The quantitative estimate of drug-likeness (QED) is 0.101. The minimum absolute atomic E-state index is 0. The van der Waals surface area contributed by atoms with Gasteiger partial charge in [0.1, 0.15) is 12.2 Å². The van der Waals surface area contributed by atoms with Gasteiger partial charge in [-0.25, -0.2) is 0 Å². The number of carbonyl (C=O) groups excluding carboxylic acids is 2. The Morgan fingerprint density at radius 1 is 0.848 bits per heavy atom. The number of nitrogens with zero attached hydrogens (tertiary/aromatic N) is 2. The van der Waals surface area contributed by atoms with E-state index in [1.54, 1.807) is 0 Å². The van der Waals surface area contributed by atoms with Crippen molar-refractivity contribution in [1.29, 1.82) is 10.5 Å². The molecule has 0 spiro atoms. The molecule has 2 aromatic carbocycles. The van der Waals surface area contributed by atoms with Gasteiger partial charge in [-0.05, 0) is 50.2 Å². The van der Waals surface area contributed by atoms with E-state index in [4.69, 9.17) is 10.5 Å². The summed E-state index contributed by atoms with van der Waals surface area (Å²) in [6.45, 7) is 1.23. The maximum Gasteiger partial charge on any atom is 1.00 e. The molecule has 2 amide bonds. The number of hydrogen-bond donors (Lipinski definition) is 4. The minimum Gasteiger partial charge on any atom is -1.00 e. The molecule has 0 aliphatic carbocycles. The molecule has 11 nitrogen and oxygen atoms in total. The number of halogens is 8. The van der Waals surface area contributed by atoms with Gasteiger partial charge in [0, 0.05) is 16.7 Å². The van der Waals surface area contributed by atoms with Crippen molar-refractivity contribution in [2.24, 2.45) is 0 Å². The fourth-order valence-corrected chi connectivity index (χ4v) is 3.49. The summed E-state index contributed by atoms with van der Waals surface area (Å²) in [6, 6.07) is 8.03. The summed E-state index contributed by atoms with van der Waals surface area (Å²) in [5.41, 5.74) is -8.11. The number of amides is 2. The molecule has 0 aliphatic rings. The summed E-state index contributed by atoms with van der Waals surface area (Å²) in [7, 11) is -3.92. The van der Waals surface area contributed by atoms with Crippen LogP contribution in [0.2, 0.25) is 0 Å². The smallest absolute Gasteiger partial charge is 1.00 e. The van der Waals surface area contributed by atoms with Gasteiger partial charge < -0.3 is 37.8 Å². The molecule has 0 bridgehead atoms. The summed E-state index contributed by atoms with van der Waals surface area (Å²) in [4.78, 5) is 23.5. The van der Waals surface area contributed by atoms with Crippen LogP contribution in [0.3, 0.4) is 0 Å². The van der Waals surface area contributed by atoms with E-state index in [0.29, 0.717) is 18.4 Å². The maximum absolute atomic E-state index is 12.8. The zero-order valence-corrected chi connectivity index (χ0v) is 28.1. The minimum atomic E-state index is -4.81. The first-order chi connectivity index (χ1) is 19.9. The molecule has 0 saturated heterocycles. The van der Waals surface area contributed by atoms with Crippen molar-refractivity contribution in [3.05, 3.63) is 58.7 Å². The van der Waals surface area contributed by atoms with Gasteiger partial charge in [-0.1, -0.05) is 15.9 Å². The summed E-state index contributed by atoms with van der Waals surface area (Å²) >= 11 is 2.92. The number of anilines is 2. The summed E-state index contributed by atoms with van der Waals surface area (Å²) in [6.07, 6.45) is -8.81. The van der Waals surface area contributed by atoms with Crippen LogP contribution in [0.15, 0.2) is 36.4 Å². The van der Waals surface area contributed by atoms with E-state index < -0.39 is 74.3 Å². The Balaban J connectivity index is 0. The van der Waals surface area contributed by atoms with Crippen LogP contribution in [0.25, 0.3) is 0 Å². The van der Waals surface area contributed by atoms with Crippen LogP contribution in [0, 0.1) is 22.7 Å². The van der Waals surface area contributed by atoms with Crippen LogP contribution in [-0.4, -0.2) is 59.8 Å². The Kier molecular flexibility index (Phi) is 17.3. The van der Waals surface area contributed by atoms with Gasteiger partial charge in [0.2, 0.25) is 0 Å². The second-order valence-electron chi connectivity index (χ2n) is 9.30. The molecular weight excluding hydrogens is 781 g/mol. The van der Waals surface area contributed by atoms with E-state index in [0.717, 1.165) is 31.2 Å². The van der Waals surface area contributed by atoms with Gasteiger partial charge >= 0.3 is 31.2 Å². The van der Waals surface area contributed by atoms with Crippen molar-refractivity contribution in [2.45, 2.75) is 37.4 Å². The molecule has 2 atom stereocenters. The molecule has 21 heteroatoms. The average molecular weight is 804 g/mol. The van der Waals surface area contributed by atoms with Crippen LogP contribution >= 0.6 is 15.9 Å². The van der Waals surface area contributed by atoms with Crippen LogP contribution in [0.5, 0.6) is 0 Å². The molecule has 0 radical (unpaired) electrons. The summed E-state index contributed by atoms with van der Waals surface area (Å²) in [5.74, 6) is -2.03. The number of carbonyl (C=O) groups is 2. The molecule has 4 N–H and O–H groups in total. The number of nitriles is 2. The third kappa shape index (κ3) is 14.0. The van der Waals surface area contributed by atoms with Gasteiger partial charge in [0.05, 0.1) is 40.6 Å². The second-order valence-corrected chi connectivity index (χ2v) is 11.5. The third-order valence-electron chi connectivity index (χ3n) is 5.20. The Hall–Kier alpha value is -2.67. The van der Waals surface area contributed by atoms with Crippen molar-refractivity contribution >= 4 is 49.2 Å². The fourth-order valence-electron chi connectivity index (χ4n) is 2.79. The average Bonchev–Trinajstić information content (AvgIpc) is 2.90. The first-order valence-electron chi connectivity index (χ1n) is 11.6. The van der Waals surface area contributed by atoms with E-state index in [1.807, 2.05) is 5.32 Å². The molecular formula is C25H23Br2F6LiN4O7S. The predicted octanol–water partition coefficient (Wildman–Crippen LogP) is -2.09. The van der Waals surface area contributed by atoms with E-state index in [-0.39, 0.29) is 52.5 Å². The predicted molar refractivity (Wildman–Crippen MR) is 145 cm³/mol. The van der Waals surface area contributed by atoms with Gasteiger partial charge in [-0.3, -0.25) is 13.8 Å². The van der Waals surface area contributed by atoms with Crippen molar-refractivity contribution in [3.8, 4) is 12.1 Å². The van der Waals surface area contributed by atoms with Crippen LogP contribution in [0.4, 0.5) is 37.7 Å². The number of alkyl halides is 7. The van der Waals surface area contributed by atoms with Gasteiger partial charge in [-0.2, -0.15) is 45.3 Å². The first-order valence-corrected chi connectivity index (χ1v) is 14.5. The largest absolute Gasteiger partial charge is 1.00 e. The Morgan fingerprint density at radius 2 is 1.20 bits per heavy atom. The molecule has 0 heterocycles. The SMILES string of the molecule is CC(O)(CBr)C(=O)Nc1ccc(C#N)c(C(F)(F)F)c1.CC(O)(COS(C)(=O)=O)C(=O)Nc1ccc(C#N)c(C(F)(F)F)c1.[Br-].[Li+]. The Bertz CT molecular complexity index is 1590. The van der Waals surface area contributed by atoms with E-state index in [2.05, 4.69) is 25.4 Å². The summed E-state index contributed by atoms with van der Waals surface area (Å²) in [5, 5.41) is 40.9.